The summed E-state index contributed by atoms with van der Waals surface area (Å²) in [6, 6.07) is 0. The highest BCUT2D eigenvalue weighted by Gasteiger charge is 2.40. The maximum atomic E-state index is 5.78. The number of hydrogen-bond acceptors (Lipinski definition) is 5. The van der Waals surface area contributed by atoms with Crippen molar-refractivity contribution in [2.75, 3.05) is 13.2 Å². The molecular weight excluding hydrogens is 274 g/mol. The molecule has 1 saturated carbocycles. The SMILES string of the molecule is CCCn1c(C)nnc1SC1CCC2(CC1)OCCO2. The van der Waals surface area contributed by atoms with E-state index in [0.717, 1.165) is 62.8 Å². The summed E-state index contributed by atoms with van der Waals surface area (Å²) in [6.07, 6.45) is 5.38. The molecule has 0 bridgehead atoms. The summed E-state index contributed by atoms with van der Waals surface area (Å²) in [5.74, 6) is 0.758. The highest BCUT2D eigenvalue weighted by molar-refractivity contribution is 7.99. The van der Waals surface area contributed by atoms with Gasteiger partial charge in [-0.25, -0.2) is 0 Å². The molecule has 3 rings (SSSR count). The lowest BCUT2D eigenvalue weighted by Gasteiger charge is -2.34. The van der Waals surface area contributed by atoms with Crippen LogP contribution in [0.15, 0.2) is 5.16 Å². The lowest BCUT2D eigenvalue weighted by molar-refractivity contribution is -0.175. The van der Waals surface area contributed by atoms with Crippen LogP contribution in [-0.4, -0.2) is 39.0 Å². The molecule has 1 aliphatic heterocycles. The van der Waals surface area contributed by atoms with Crippen molar-refractivity contribution in [3.63, 3.8) is 0 Å². The normalized spacial score (nSPS) is 22.7. The molecular formula is C14H23N3O2S. The molecule has 0 atom stereocenters. The van der Waals surface area contributed by atoms with Gasteiger partial charge in [0.1, 0.15) is 5.82 Å². The largest absolute Gasteiger partial charge is 0.348 e. The highest BCUT2D eigenvalue weighted by Crippen LogP contribution is 2.41. The van der Waals surface area contributed by atoms with Crippen LogP contribution in [0.25, 0.3) is 0 Å². The fourth-order valence-corrected chi connectivity index (χ4v) is 4.22. The molecule has 1 aromatic heterocycles. The van der Waals surface area contributed by atoms with Gasteiger partial charge in [-0.2, -0.15) is 0 Å². The van der Waals surface area contributed by atoms with Gasteiger partial charge in [0, 0.05) is 24.6 Å². The van der Waals surface area contributed by atoms with Crippen molar-refractivity contribution in [2.45, 2.75) is 68.7 Å². The van der Waals surface area contributed by atoms with Gasteiger partial charge in [-0.05, 0) is 26.2 Å². The molecule has 0 amide bonds. The molecule has 5 nitrogen and oxygen atoms in total. The summed E-state index contributed by atoms with van der Waals surface area (Å²) in [4.78, 5) is 0. The molecule has 1 spiro atoms. The van der Waals surface area contributed by atoms with Crippen LogP contribution in [0.1, 0.15) is 44.9 Å². The number of aryl methyl sites for hydroxylation is 1. The van der Waals surface area contributed by atoms with Gasteiger partial charge in [-0.1, -0.05) is 18.7 Å². The van der Waals surface area contributed by atoms with Crippen LogP contribution in [-0.2, 0) is 16.0 Å². The molecule has 20 heavy (non-hydrogen) atoms. The van der Waals surface area contributed by atoms with Crippen molar-refractivity contribution >= 4 is 11.8 Å². The second-order valence-corrected chi connectivity index (χ2v) is 6.87. The van der Waals surface area contributed by atoms with E-state index in [1.165, 1.54) is 0 Å². The Labute approximate surface area is 124 Å². The Balaban J connectivity index is 1.59. The molecule has 1 saturated heterocycles. The van der Waals surface area contributed by atoms with Crippen molar-refractivity contribution in [2.24, 2.45) is 0 Å². The summed E-state index contributed by atoms with van der Waals surface area (Å²) in [5, 5.41) is 10.2. The number of hydrogen-bond donors (Lipinski definition) is 0. The topological polar surface area (TPSA) is 49.2 Å². The summed E-state index contributed by atoms with van der Waals surface area (Å²) in [6.45, 7) is 6.73. The van der Waals surface area contributed by atoms with E-state index in [1.54, 1.807) is 0 Å². The number of aromatic nitrogens is 3. The highest BCUT2D eigenvalue weighted by atomic mass is 32.2. The van der Waals surface area contributed by atoms with Crippen molar-refractivity contribution in [3.8, 4) is 0 Å². The zero-order chi connectivity index (χ0) is 14.0. The molecule has 1 aliphatic carbocycles. The first-order chi connectivity index (χ1) is 9.72. The Kier molecular flexibility index (Phi) is 4.33. The van der Waals surface area contributed by atoms with Crippen LogP contribution in [0.4, 0.5) is 0 Å². The van der Waals surface area contributed by atoms with Gasteiger partial charge in [0.15, 0.2) is 10.9 Å². The number of ether oxygens (including phenoxy) is 2. The van der Waals surface area contributed by atoms with Crippen LogP contribution in [0.2, 0.25) is 0 Å². The second kappa shape index (κ2) is 6.03. The second-order valence-electron chi connectivity index (χ2n) is 5.61. The van der Waals surface area contributed by atoms with Crippen LogP contribution in [0.3, 0.4) is 0 Å². The average Bonchev–Trinajstić information content (AvgIpc) is 3.04. The van der Waals surface area contributed by atoms with Crippen LogP contribution < -0.4 is 0 Å². The van der Waals surface area contributed by atoms with Crippen molar-refractivity contribution in [1.82, 2.24) is 14.8 Å². The Bertz CT molecular complexity index is 447. The zero-order valence-electron chi connectivity index (χ0n) is 12.3. The van der Waals surface area contributed by atoms with E-state index in [4.69, 9.17) is 9.47 Å². The van der Waals surface area contributed by atoms with Gasteiger partial charge in [-0.15, -0.1) is 10.2 Å². The summed E-state index contributed by atoms with van der Waals surface area (Å²) in [7, 11) is 0. The van der Waals surface area contributed by atoms with Gasteiger partial charge >= 0.3 is 0 Å². The standard InChI is InChI=1S/C14H23N3O2S/c1-3-8-17-11(2)15-16-13(17)20-12-4-6-14(7-5-12)18-9-10-19-14/h12H,3-10H2,1-2H3. The third kappa shape index (κ3) is 2.87. The van der Waals surface area contributed by atoms with E-state index >= 15 is 0 Å². The first-order valence-corrected chi connectivity index (χ1v) is 8.45. The molecule has 2 fully saturated rings. The first-order valence-electron chi connectivity index (χ1n) is 7.57. The van der Waals surface area contributed by atoms with E-state index in [1.807, 2.05) is 18.7 Å². The van der Waals surface area contributed by atoms with Gasteiger partial charge in [-0.3, -0.25) is 0 Å². The van der Waals surface area contributed by atoms with Crippen LogP contribution >= 0.6 is 11.8 Å². The fourth-order valence-electron chi connectivity index (χ4n) is 3.01. The Morgan fingerprint density at radius 3 is 2.60 bits per heavy atom. The number of rotatable bonds is 4. The Morgan fingerprint density at radius 1 is 1.25 bits per heavy atom. The minimum atomic E-state index is -0.260. The average molecular weight is 297 g/mol. The fraction of sp³-hybridized carbons (Fsp3) is 0.857. The quantitative estimate of drug-likeness (QED) is 0.855. The van der Waals surface area contributed by atoms with Crippen molar-refractivity contribution < 1.29 is 9.47 Å². The van der Waals surface area contributed by atoms with Gasteiger partial charge in [0.05, 0.1) is 13.2 Å². The minimum absolute atomic E-state index is 0.260. The molecule has 112 valence electrons. The lowest BCUT2D eigenvalue weighted by Crippen LogP contribution is -2.36. The Hall–Kier alpha value is -0.590. The maximum Gasteiger partial charge on any atom is 0.191 e. The monoisotopic (exact) mass is 297 g/mol. The molecule has 2 aliphatic rings. The van der Waals surface area contributed by atoms with E-state index in [0.29, 0.717) is 5.25 Å². The smallest absolute Gasteiger partial charge is 0.191 e. The van der Waals surface area contributed by atoms with E-state index in [2.05, 4.69) is 21.7 Å². The van der Waals surface area contributed by atoms with Gasteiger partial charge in [0.25, 0.3) is 0 Å². The first kappa shape index (κ1) is 14.4. The third-order valence-electron chi connectivity index (χ3n) is 4.13. The van der Waals surface area contributed by atoms with Gasteiger partial charge < -0.3 is 14.0 Å². The maximum absolute atomic E-state index is 5.78. The molecule has 0 radical (unpaired) electrons. The molecule has 1 aromatic rings. The van der Waals surface area contributed by atoms with Gasteiger partial charge in [0.2, 0.25) is 0 Å². The zero-order valence-corrected chi connectivity index (χ0v) is 13.1. The molecule has 2 heterocycles. The lowest BCUT2D eigenvalue weighted by atomic mass is 9.94. The molecule has 6 heteroatoms. The van der Waals surface area contributed by atoms with E-state index in [9.17, 15) is 0 Å². The van der Waals surface area contributed by atoms with E-state index < -0.39 is 0 Å². The molecule has 0 N–H and O–H groups in total. The van der Waals surface area contributed by atoms with Crippen molar-refractivity contribution in [1.29, 1.82) is 0 Å². The van der Waals surface area contributed by atoms with E-state index in [-0.39, 0.29) is 5.79 Å². The predicted molar refractivity (Wildman–Crippen MR) is 77.8 cm³/mol. The summed E-state index contributed by atoms with van der Waals surface area (Å²) < 4.78 is 13.8. The molecule has 0 aromatic carbocycles. The minimum Gasteiger partial charge on any atom is -0.348 e. The van der Waals surface area contributed by atoms with Crippen LogP contribution in [0.5, 0.6) is 0 Å². The Morgan fingerprint density at radius 2 is 1.95 bits per heavy atom. The summed E-state index contributed by atoms with van der Waals surface area (Å²) in [5.41, 5.74) is 0. The van der Waals surface area contributed by atoms with Crippen LogP contribution in [0, 0.1) is 6.92 Å². The third-order valence-corrected chi connectivity index (χ3v) is 5.45. The predicted octanol–water partition coefficient (Wildman–Crippen LogP) is 2.77. The number of thioether (sulfide) groups is 1. The summed E-state index contributed by atoms with van der Waals surface area (Å²) >= 11 is 1.87. The van der Waals surface area contributed by atoms with Crippen molar-refractivity contribution in [3.05, 3.63) is 5.82 Å². The number of nitrogens with zero attached hydrogens (tertiary/aromatic N) is 3. The molecule has 0 unspecified atom stereocenters.